The summed E-state index contributed by atoms with van der Waals surface area (Å²) in [5.74, 6) is -2.82. The highest BCUT2D eigenvalue weighted by Gasteiger charge is 2.15. The minimum atomic E-state index is -1.56. The molecule has 5 nitrogen and oxygen atoms in total. The zero-order valence-corrected chi connectivity index (χ0v) is 9.95. The predicted octanol–water partition coefficient (Wildman–Crippen LogP) is 1.04. The number of nitrogens with one attached hydrogen (secondary N) is 1. The lowest BCUT2D eigenvalue weighted by Gasteiger charge is -2.08. The molecule has 0 radical (unpaired) electrons. The monoisotopic (exact) mass is 275 g/mol. The molecule has 0 saturated heterocycles. The molecule has 0 unspecified atom stereocenters. The van der Waals surface area contributed by atoms with Crippen molar-refractivity contribution in [3.05, 3.63) is 34.6 Å². The largest absolute Gasteiger partial charge is 0.479 e. The Morgan fingerprint density at radius 3 is 2.72 bits per heavy atom. The molecule has 0 aliphatic heterocycles. The summed E-state index contributed by atoms with van der Waals surface area (Å²) >= 11 is 5.62. The number of aliphatic hydroxyl groups excluding tert-OH is 1. The third-order valence-electron chi connectivity index (χ3n) is 2.16. The maximum Gasteiger partial charge on any atom is 0.332 e. The zero-order valence-electron chi connectivity index (χ0n) is 9.19. The molecule has 0 fully saturated rings. The van der Waals surface area contributed by atoms with Crippen molar-refractivity contribution in [1.82, 2.24) is 5.32 Å². The molecule has 3 N–H and O–H groups in total. The number of aliphatic carboxylic acids is 1. The van der Waals surface area contributed by atoms with Crippen LogP contribution in [0.5, 0.6) is 0 Å². The van der Waals surface area contributed by atoms with E-state index in [9.17, 15) is 14.0 Å². The van der Waals surface area contributed by atoms with E-state index in [-0.39, 0.29) is 23.6 Å². The van der Waals surface area contributed by atoms with E-state index < -0.39 is 23.8 Å². The van der Waals surface area contributed by atoms with E-state index in [1.54, 1.807) is 0 Å². The summed E-state index contributed by atoms with van der Waals surface area (Å²) in [5.41, 5.74) is -0.229. The molecule has 1 atom stereocenters. The number of carboxylic acid groups (broad SMARTS) is 1. The van der Waals surface area contributed by atoms with Crippen LogP contribution in [0.1, 0.15) is 16.8 Å². The Bertz CT molecular complexity index is 466. The molecule has 1 rings (SSSR count). The number of aliphatic hydroxyl groups is 1. The van der Waals surface area contributed by atoms with Crippen LogP contribution in [0.25, 0.3) is 0 Å². The number of carboxylic acids is 1. The summed E-state index contributed by atoms with van der Waals surface area (Å²) in [7, 11) is 0. The molecule has 1 amide bonds. The molecular formula is C11H11ClFNO4. The van der Waals surface area contributed by atoms with Gasteiger partial charge in [0.25, 0.3) is 5.91 Å². The van der Waals surface area contributed by atoms with Crippen molar-refractivity contribution >= 4 is 23.5 Å². The second kappa shape index (κ2) is 6.32. The van der Waals surface area contributed by atoms with Crippen LogP contribution in [0.2, 0.25) is 5.02 Å². The first-order chi connectivity index (χ1) is 8.41. The highest BCUT2D eigenvalue weighted by atomic mass is 35.5. The molecule has 7 heteroatoms. The van der Waals surface area contributed by atoms with Gasteiger partial charge in [0.15, 0.2) is 6.10 Å². The van der Waals surface area contributed by atoms with E-state index in [0.29, 0.717) is 0 Å². The maximum absolute atomic E-state index is 13.3. The highest BCUT2D eigenvalue weighted by Crippen LogP contribution is 2.14. The summed E-state index contributed by atoms with van der Waals surface area (Å²) in [6, 6.07) is 3.53. The number of hydrogen-bond acceptors (Lipinski definition) is 3. The van der Waals surface area contributed by atoms with Gasteiger partial charge in [0.1, 0.15) is 5.82 Å². The number of hydrogen-bond donors (Lipinski definition) is 3. The molecule has 1 aromatic carbocycles. The van der Waals surface area contributed by atoms with Crippen molar-refractivity contribution in [2.45, 2.75) is 12.5 Å². The first-order valence-electron chi connectivity index (χ1n) is 5.06. The summed E-state index contributed by atoms with van der Waals surface area (Å²) in [6.07, 6.45) is -1.72. The Kier molecular flexibility index (Phi) is 5.06. The van der Waals surface area contributed by atoms with Gasteiger partial charge in [0.2, 0.25) is 0 Å². The molecule has 18 heavy (non-hydrogen) atoms. The first kappa shape index (κ1) is 14.4. The Hall–Kier alpha value is -1.66. The van der Waals surface area contributed by atoms with E-state index >= 15 is 0 Å². The number of halogens is 2. The van der Waals surface area contributed by atoms with Crippen molar-refractivity contribution in [3.8, 4) is 0 Å². The molecule has 0 heterocycles. The topological polar surface area (TPSA) is 86.6 Å². The molecule has 0 saturated carbocycles. The number of carbonyl (C=O) groups excluding carboxylic acids is 1. The second-order valence-corrected chi connectivity index (χ2v) is 3.96. The quantitative estimate of drug-likeness (QED) is 0.749. The average molecular weight is 276 g/mol. The van der Waals surface area contributed by atoms with E-state index in [4.69, 9.17) is 21.8 Å². The third-order valence-corrected chi connectivity index (χ3v) is 2.40. The fraction of sp³-hybridized carbons (Fsp3) is 0.273. The van der Waals surface area contributed by atoms with Crippen LogP contribution in [0, 0.1) is 5.82 Å². The van der Waals surface area contributed by atoms with Crippen LogP contribution in [-0.4, -0.2) is 34.7 Å². The number of benzene rings is 1. The zero-order chi connectivity index (χ0) is 13.7. The van der Waals surface area contributed by atoms with E-state index in [0.717, 1.165) is 6.07 Å². The molecule has 0 aliphatic rings. The third kappa shape index (κ3) is 3.97. The Balaban J connectivity index is 2.55. The molecule has 0 aromatic heterocycles. The minimum Gasteiger partial charge on any atom is -0.479 e. The highest BCUT2D eigenvalue weighted by molar-refractivity contribution is 6.30. The lowest BCUT2D eigenvalue weighted by Crippen LogP contribution is -2.30. The normalized spacial score (nSPS) is 11.9. The average Bonchev–Trinajstić information content (AvgIpc) is 2.31. The lowest BCUT2D eigenvalue weighted by atomic mass is 10.2. The van der Waals surface area contributed by atoms with Crippen LogP contribution in [0.3, 0.4) is 0 Å². The van der Waals surface area contributed by atoms with Crippen molar-refractivity contribution in [2.24, 2.45) is 0 Å². The molecule has 0 spiro atoms. The Labute approximate surface area is 107 Å². The molecule has 0 aliphatic carbocycles. The van der Waals surface area contributed by atoms with Crippen LogP contribution in [0.15, 0.2) is 18.2 Å². The van der Waals surface area contributed by atoms with Crippen LogP contribution in [-0.2, 0) is 4.79 Å². The molecule has 98 valence electrons. The molecule has 1 aromatic rings. The van der Waals surface area contributed by atoms with Crippen molar-refractivity contribution in [3.63, 3.8) is 0 Å². The second-order valence-electron chi connectivity index (χ2n) is 3.52. The molecule has 0 bridgehead atoms. The lowest BCUT2D eigenvalue weighted by molar-refractivity contribution is -0.146. The van der Waals surface area contributed by atoms with Gasteiger partial charge < -0.3 is 15.5 Å². The summed E-state index contributed by atoms with van der Waals surface area (Å²) in [5, 5.41) is 19.9. The van der Waals surface area contributed by atoms with Gasteiger partial charge in [-0.2, -0.15) is 0 Å². The molecular weight excluding hydrogens is 265 g/mol. The summed E-state index contributed by atoms with van der Waals surface area (Å²) < 4.78 is 13.3. The van der Waals surface area contributed by atoms with Gasteiger partial charge in [0.05, 0.1) is 5.56 Å². The summed E-state index contributed by atoms with van der Waals surface area (Å²) in [4.78, 5) is 21.8. The van der Waals surface area contributed by atoms with Gasteiger partial charge in [-0.3, -0.25) is 4.79 Å². The summed E-state index contributed by atoms with van der Waals surface area (Å²) in [6.45, 7) is -0.0851. The minimum absolute atomic E-state index is 0.0851. The number of amides is 1. The fourth-order valence-electron chi connectivity index (χ4n) is 1.21. The van der Waals surface area contributed by atoms with Gasteiger partial charge in [-0.25, -0.2) is 9.18 Å². The van der Waals surface area contributed by atoms with E-state index in [1.165, 1.54) is 12.1 Å². The first-order valence-corrected chi connectivity index (χ1v) is 5.43. The predicted molar refractivity (Wildman–Crippen MR) is 62.0 cm³/mol. The van der Waals surface area contributed by atoms with Gasteiger partial charge in [-0.1, -0.05) is 11.6 Å². The Morgan fingerprint density at radius 1 is 1.44 bits per heavy atom. The van der Waals surface area contributed by atoms with Crippen molar-refractivity contribution in [1.29, 1.82) is 0 Å². The van der Waals surface area contributed by atoms with Gasteiger partial charge in [-0.05, 0) is 18.2 Å². The van der Waals surface area contributed by atoms with Crippen molar-refractivity contribution in [2.75, 3.05) is 6.54 Å². The Morgan fingerprint density at radius 2 is 2.11 bits per heavy atom. The van der Waals surface area contributed by atoms with E-state index in [2.05, 4.69) is 5.32 Å². The van der Waals surface area contributed by atoms with Gasteiger partial charge in [-0.15, -0.1) is 0 Å². The standard InChI is InChI=1S/C11H11ClFNO4/c12-6-1-2-8(13)7(5-6)10(16)14-4-3-9(15)11(17)18/h1-2,5,9,15H,3-4H2,(H,14,16)(H,17,18)/t9-/m0/s1. The van der Waals surface area contributed by atoms with Crippen LogP contribution >= 0.6 is 11.6 Å². The number of carbonyl (C=O) groups is 2. The number of rotatable bonds is 5. The van der Waals surface area contributed by atoms with Gasteiger partial charge in [0, 0.05) is 18.0 Å². The van der Waals surface area contributed by atoms with Crippen LogP contribution < -0.4 is 5.32 Å². The maximum atomic E-state index is 13.3. The fourth-order valence-corrected chi connectivity index (χ4v) is 1.38. The van der Waals surface area contributed by atoms with Crippen LogP contribution in [0.4, 0.5) is 4.39 Å². The van der Waals surface area contributed by atoms with Crippen molar-refractivity contribution < 1.29 is 24.2 Å². The smallest absolute Gasteiger partial charge is 0.332 e. The SMILES string of the molecule is O=C(NCC[C@H](O)C(=O)O)c1cc(Cl)ccc1F. The van der Waals surface area contributed by atoms with Gasteiger partial charge >= 0.3 is 5.97 Å². The van der Waals surface area contributed by atoms with E-state index in [1.807, 2.05) is 0 Å².